The van der Waals surface area contributed by atoms with E-state index in [0.29, 0.717) is 5.92 Å². The van der Waals surface area contributed by atoms with Crippen molar-refractivity contribution in [2.75, 3.05) is 25.0 Å². The molecule has 2 unspecified atom stereocenters. The summed E-state index contributed by atoms with van der Waals surface area (Å²) in [5, 5.41) is 13.2. The number of benzene rings is 1. The summed E-state index contributed by atoms with van der Waals surface area (Å²) in [5.41, 5.74) is 4.23. The Morgan fingerprint density at radius 2 is 2.32 bits per heavy atom. The molecule has 0 aliphatic carbocycles. The third kappa shape index (κ3) is 3.04. The Morgan fingerprint density at radius 1 is 1.47 bits per heavy atom. The van der Waals surface area contributed by atoms with E-state index in [0.717, 1.165) is 39.0 Å². The average molecular weight is 283 g/mol. The van der Waals surface area contributed by atoms with Crippen LogP contribution in [0.3, 0.4) is 0 Å². The van der Waals surface area contributed by atoms with Crippen LogP contribution < -0.4 is 5.32 Å². The number of halogens is 1. The number of aliphatic hydroxyl groups is 1. The highest BCUT2D eigenvalue weighted by molar-refractivity contribution is 5.85. The fraction of sp³-hybridized carbons (Fsp3) is 0.600. The Bertz CT molecular complexity index is 436. The number of fused-ring (bicyclic) bond motifs is 1. The second kappa shape index (κ2) is 6.12. The predicted molar refractivity (Wildman–Crippen MR) is 80.9 cm³/mol. The molecule has 1 aromatic carbocycles. The Labute approximate surface area is 121 Å². The molecule has 2 heterocycles. The smallest absolute Gasteiger partial charge is 0.0552 e. The van der Waals surface area contributed by atoms with Crippen LogP contribution in [0.15, 0.2) is 18.2 Å². The molecule has 1 saturated heterocycles. The van der Waals surface area contributed by atoms with Crippen LogP contribution >= 0.6 is 12.4 Å². The Balaban J connectivity index is 0.00000133. The molecule has 3 nitrogen and oxygen atoms in total. The van der Waals surface area contributed by atoms with Crippen molar-refractivity contribution >= 4 is 18.1 Å². The van der Waals surface area contributed by atoms with E-state index in [-0.39, 0.29) is 18.5 Å². The Morgan fingerprint density at radius 3 is 3.05 bits per heavy atom. The summed E-state index contributed by atoms with van der Waals surface area (Å²) in [6.45, 7) is 6.14. The zero-order chi connectivity index (χ0) is 12.5. The molecule has 106 valence electrons. The fourth-order valence-corrected chi connectivity index (χ4v) is 3.18. The van der Waals surface area contributed by atoms with Crippen LogP contribution in [-0.4, -0.2) is 35.7 Å². The number of rotatable bonds is 3. The molecule has 1 aromatic rings. The molecule has 0 bridgehead atoms. The van der Waals surface area contributed by atoms with Crippen LogP contribution in [0, 0.1) is 5.92 Å². The lowest BCUT2D eigenvalue weighted by Crippen LogP contribution is -2.24. The topological polar surface area (TPSA) is 35.5 Å². The van der Waals surface area contributed by atoms with E-state index in [4.69, 9.17) is 0 Å². The summed E-state index contributed by atoms with van der Waals surface area (Å²) in [6, 6.07) is 6.62. The number of para-hydroxylation sites is 1. The maximum absolute atomic E-state index is 9.65. The van der Waals surface area contributed by atoms with Crippen molar-refractivity contribution in [3.63, 3.8) is 0 Å². The van der Waals surface area contributed by atoms with Gasteiger partial charge in [0.2, 0.25) is 0 Å². The van der Waals surface area contributed by atoms with Gasteiger partial charge >= 0.3 is 0 Å². The molecule has 2 aliphatic rings. The van der Waals surface area contributed by atoms with E-state index < -0.39 is 0 Å². The molecule has 3 rings (SSSR count). The lowest BCUT2D eigenvalue weighted by molar-refractivity contribution is 0.127. The van der Waals surface area contributed by atoms with Crippen LogP contribution in [-0.2, 0) is 13.0 Å². The summed E-state index contributed by atoms with van der Waals surface area (Å²) in [6.07, 6.45) is 2.11. The van der Waals surface area contributed by atoms with Gasteiger partial charge in [0.15, 0.2) is 0 Å². The monoisotopic (exact) mass is 282 g/mol. The summed E-state index contributed by atoms with van der Waals surface area (Å²) in [5.74, 6) is 0.453. The second-order valence-electron chi connectivity index (χ2n) is 5.65. The van der Waals surface area contributed by atoms with Crippen LogP contribution in [0.1, 0.15) is 24.5 Å². The lowest BCUT2D eigenvalue weighted by atomic mass is 10.0. The molecule has 19 heavy (non-hydrogen) atoms. The van der Waals surface area contributed by atoms with Crippen LogP contribution in [0.25, 0.3) is 0 Å². The van der Waals surface area contributed by atoms with Gasteiger partial charge in [0, 0.05) is 25.3 Å². The largest absolute Gasteiger partial charge is 0.393 e. The normalized spacial score (nSPS) is 23.6. The third-order valence-electron chi connectivity index (χ3n) is 4.32. The Hall–Kier alpha value is -0.770. The minimum atomic E-state index is -0.172. The highest BCUT2D eigenvalue weighted by Gasteiger charge is 2.26. The van der Waals surface area contributed by atoms with E-state index in [1.807, 2.05) is 6.92 Å². The molecule has 2 N–H and O–H groups in total. The molecule has 4 heteroatoms. The zero-order valence-corrected chi connectivity index (χ0v) is 12.2. The highest BCUT2D eigenvalue weighted by atomic mass is 35.5. The van der Waals surface area contributed by atoms with Crippen LogP contribution in [0.4, 0.5) is 5.69 Å². The van der Waals surface area contributed by atoms with Crippen molar-refractivity contribution in [2.24, 2.45) is 5.92 Å². The Kier molecular flexibility index (Phi) is 4.71. The van der Waals surface area contributed by atoms with Gasteiger partial charge in [-0.3, -0.25) is 4.90 Å². The highest BCUT2D eigenvalue weighted by Crippen LogP contribution is 2.29. The lowest BCUT2D eigenvalue weighted by Gasteiger charge is -2.19. The zero-order valence-electron chi connectivity index (χ0n) is 11.4. The maximum atomic E-state index is 9.65. The number of hydrogen-bond donors (Lipinski definition) is 2. The van der Waals surface area contributed by atoms with Gasteiger partial charge in [-0.05, 0) is 43.4 Å². The molecule has 0 amide bonds. The average Bonchev–Trinajstić information content (AvgIpc) is 2.97. The van der Waals surface area contributed by atoms with E-state index >= 15 is 0 Å². The number of likely N-dealkylation sites (tertiary alicyclic amines) is 1. The number of hydrogen-bond acceptors (Lipinski definition) is 3. The van der Waals surface area contributed by atoms with E-state index in [9.17, 15) is 5.11 Å². The van der Waals surface area contributed by atoms with E-state index in [2.05, 4.69) is 28.4 Å². The van der Waals surface area contributed by atoms with Gasteiger partial charge in [-0.2, -0.15) is 0 Å². The van der Waals surface area contributed by atoms with Gasteiger partial charge in [0.05, 0.1) is 6.10 Å². The molecular formula is C15H23ClN2O. The first kappa shape index (κ1) is 14.6. The molecule has 0 aromatic heterocycles. The number of anilines is 1. The SMILES string of the molecule is CC(O)C1CCN(Cc2cccc3c2NCC3)C1.Cl. The molecule has 0 saturated carbocycles. The maximum Gasteiger partial charge on any atom is 0.0552 e. The first-order valence-electron chi connectivity index (χ1n) is 6.99. The quantitative estimate of drug-likeness (QED) is 0.893. The predicted octanol–water partition coefficient (Wildman–Crippen LogP) is 2.28. The van der Waals surface area contributed by atoms with Crippen molar-refractivity contribution in [3.8, 4) is 0 Å². The first-order chi connectivity index (χ1) is 8.74. The number of aliphatic hydroxyl groups excluding tert-OH is 1. The summed E-state index contributed by atoms with van der Waals surface area (Å²) >= 11 is 0. The van der Waals surface area contributed by atoms with Crippen LogP contribution in [0.2, 0.25) is 0 Å². The minimum Gasteiger partial charge on any atom is -0.393 e. The standard InChI is InChI=1S/C15H22N2O.ClH/c1-11(18)13-6-8-17(9-13)10-14-4-2-3-12-5-7-16-15(12)14;/h2-4,11,13,16,18H,5-10H2,1H3;1H. The molecule has 0 radical (unpaired) electrons. The fourth-order valence-electron chi connectivity index (χ4n) is 3.18. The first-order valence-corrected chi connectivity index (χ1v) is 6.99. The van der Waals surface area contributed by atoms with E-state index in [1.54, 1.807) is 0 Å². The van der Waals surface area contributed by atoms with Crippen molar-refractivity contribution in [2.45, 2.75) is 32.4 Å². The van der Waals surface area contributed by atoms with Crippen molar-refractivity contribution < 1.29 is 5.11 Å². The molecule has 2 atom stereocenters. The summed E-state index contributed by atoms with van der Waals surface area (Å²) in [7, 11) is 0. The van der Waals surface area contributed by atoms with Crippen molar-refractivity contribution in [3.05, 3.63) is 29.3 Å². The number of nitrogens with zero attached hydrogens (tertiary/aromatic N) is 1. The summed E-state index contributed by atoms with van der Waals surface area (Å²) in [4.78, 5) is 2.47. The van der Waals surface area contributed by atoms with Gasteiger partial charge in [0.1, 0.15) is 0 Å². The summed E-state index contributed by atoms with van der Waals surface area (Å²) < 4.78 is 0. The molecule has 1 fully saturated rings. The van der Waals surface area contributed by atoms with Gasteiger partial charge in [0.25, 0.3) is 0 Å². The minimum absolute atomic E-state index is 0. The second-order valence-corrected chi connectivity index (χ2v) is 5.65. The van der Waals surface area contributed by atoms with Crippen LogP contribution in [0.5, 0.6) is 0 Å². The third-order valence-corrected chi connectivity index (χ3v) is 4.32. The van der Waals surface area contributed by atoms with E-state index in [1.165, 1.54) is 16.8 Å². The van der Waals surface area contributed by atoms with Crippen molar-refractivity contribution in [1.29, 1.82) is 0 Å². The molecule has 2 aliphatic heterocycles. The van der Waals surface area contributed by atoms with Gasteiger partial charge < -0.3 is 10.4 Å². The van der Waals surface area contributed by atoms with Crippen molar-refractivity contribution in [1.82, 2.24) is 4.90 Å². The van der Waals surface area contributed by atoms with Gasteiger partial charge in [-0.1, -0.05) is 18.2 Å². The molecule has 0 spiro atoms. The van der Waals surface area contributed by atoms with Gasteiger partial charge in [-0.15, -0.1) is 12.4 Å². The molecular weight excluding hydrogens is 260 g/mol. The number of nitrogens with one attached hydrogen (secondary N) is 1. The van der Waals surface area contributed by atoms with Gasteiger partial charge in [-0.25, -0.2) is 0 Å².